The first-order chi connectivity index (χ1) is 17.2. The third kappa shape index (κ3) is 9.28. The average Bonchev–Trinajstić information content (AvgIpc) is 2.90. The second-order valence-corrected chi connectivity index (χ2v) is 11.2. The van der Waals surface area contributed by atoms with Gasteiger partial charge < -0.3 is 4.74 Å². The summed E-state index contributed by atoms with van der Waals surface area (Å²) in [5.41, 5.74) is 3.68. The molecule has 0 amide bonds. The van der Waals surface area contributed by atoms with Crippen LogP contribution in [0.25, 0.3) is 0 Å². The maximum Gasteiger partial charge on any atom is 0.193 e. The minimum atomic E-state index is -0.534. The molecule has 0 atom stereocenters. The van der Waals surface area contributed by atoms with Crippen LogP contribution in [0.4, 0.5) is 0 Å². The van der Waals surface area contributed by atoms with E-state index >= 15 is 0 Å². The van der Waals surface area contributed by atoms with E-state index in [-0.39, 0.29) is 5.92 Å². The van der Waals surface area contributed by atoms with Crippen LogP contribution in [-0.4, -0.2) is 15.7 Å². The van der Waals surface area contributed by atoms with Crippen molar-refractivity contribution in [3.8, 4) is 0 Å². The number of rotatable bonds is 15. The highest BCUT2D eigenvalue weighted by Gasteiger charge is 2.31. The van der Waals surface area contributed by atoms with E-state index in [1.165, 1.54) is 68.9 Å². The fourth-order valence-corrected chi connectivity index (χ4v) is 5.88. The summed E-state index contributed by atoms with van der Waals surface area (Å²) >= 11 is 7.63. The maximum atomic E-state index is 6.53. The van der Waals surface area contributed by atoms with Crippen LogP contribution in [0, 0.1) is 0 Å². The maximum absolute atomic E-state index is 6.53. The molecule has 1 aliphatic carbocycles. The zero-order chi connectivity index (χ0) is 24.8. The van der Waals surface area contributed by atoms with Crippen molar-refractivity contribution in [3.05, 3.63) is 95.6 Å². The van der Waals surface area contributed by atoms with Gasteiger partial charge in [0, 0.05) is 11.5 Å². The Kier molecular flexibility index (Phi) is 12.1. The number of benzene rings is 2. The van der Waals surface area contributed by atoms with Gasteiger partial charge in [-0.05, 0) is 60.5 Å². The zero-order valence-corrected chi connectivity index (χ0v) is 23.2. The molecule has 2 aromatic rings. The molecule has 0 bridgehead atoms. The minimum absolute atomic E-state index is 0.277. The molecule has 0 unspecified atom stereocenters. The van der Waals surface area contributed by atoms with Gasteiger partial charge in [0.25, 0.3) is 0 Å². The quantitative estimate of drug-likeness (QED) is 0.103. The summed E-state index contributed by atoms with van der Waals surface area (Å²) in [6.45, 7) is 4.51. The van der Waals surface area contributed by atoms with E-state index in [9.17, 15) is 0 Å². The van der Waals surface area contributed by atoms with E-state index in [0.717, 1.165) is 17.7 Å². The number of thioether (sulfide) groups is 1. The molecule has 0 heterocycles. The predicted molar refractivity (Wildman–Crippen MR) is 158 cm³/mol. The van der Waals surface area contributed by atoms with Crippen molar-refractivity contribution >= 4 is 29.0 Å². The first kappa shape index (κ1) is 27.7. The highest BCUT2D eigenvalue weighted by Crippen LogP contribution is 2.38. The molecule has 0 aromatic heterocycles. The summed E-state index contributed by atoms with van der Waals surface area (Å²) in [6, 6.07) is 19.3. The Hall–Kier alpha value is -1.84. The molecule has 0 fully saturated rings. The Morgan fingerprint density at radius 1 is 0.800 bits per heavy atom. The van der Waals surface area contributed by atoms with Gasteiger partial charge in [0.2, 0.25) is 0 Å². The smallest absolute Gasteiger partial charge is 0.193 e. The van der Waals surface area contributed by atoms with Gasteiger partial charge in [-0.15, -0.1) is 11.8 Å². The van der Waals surface area contributed by atoms with Crippen molar-refractivity contribution in [1.29, 1.82) is 0 Å². The molecule has 2 aromatic carbocycles. The molecule has 1 aliphatic rings. The van der Waals surface area contributed by atoms with Crippen LogP contribution in [0.1, 0.15) is 94.2 Å². The minimum Gasteiger partial charge on any atom is -0.458 e. The van der Waals surface area contributed by atoms with Crippen molar-refractivity contribution in [2.24, 2.45) is 0 Å². The number of hydrogen-bond acceptors (Lipinski definition) is 3. The van der Waals surface area contributed by atoms with Crippen LogP contribution in [0.2, 0.25) is 0 Å². The van der Waals surface area contributed by atoms with Gasteiger partial charge in [-0.2, -0.15) is 0 Å². The molecule has 0 spiro atoms. The van der Waals surface area contributed by atoms with Gasteiger partial charge in [-0.1, -0.05) is 126 Å². The lowest BCUT2D eigenvalue weighted by molar-refractivity contribution is 0.256. The largest absolute Gasteiger partial charge is 0.458 e. The third-order valence-electron chi connectivity index (χ3n) is 6.59. The average molecular weight is 507 g/mol. The van der Waals surface area contributed by atoms with Gasteiger partial charge >= 0.3 is 0 Å². The Morgan fingerprint density at radius 2 is 1.43 bits per heavy atom. The molecule has 0 aliphatic heterocycles. The molecule has 0 saturated carbocycles. The molecule has 188 valence electrons. The number of hydrogen-bond donors (Lipinski definition) is 0. The SMILES string of the molecule is CCCCCCCCc1ccc(C(=S)OC2(SCCCCC)C=CC(c3ccccc3)C=C2)cc1. The lowest BCUT2D eigenvalue weighted by Crippen LogP contribution is -2.29. The van der Waals surface area contributed by atoms with Crippen molar-refractivity contribution in [2.75, 3.05) is 5.75 Å². The number of thiocarbonyl (C=S) groups is 1. The summed E-state index contributed by atoms with van der Waals surface area (Å²) in [5.74, 6) is 1.33. The van der Waals surface area contributed by atoms with E-state index in [4.69, 9.17) is 17.0 Å². The number of allylic oxidation sites excluding steroid dienone is 2. The molecular weight excluding hydrogens is 464 g/mol. The first-order valence-electron chi connectivity index (χ1n) is 13.6. The van der Waals surface area contributed by atoms with E-state index in [1.807, 2.05) is 11.8 Å². The summed E-state index contributed by atoms with van der Waals surface area (Å²) < 4.78 is 6.53. The van der Waals surface area contributed by atoms with Crippen molar-refractivity contribution < 1.29 is 4.74 Å². The molecular formula is C32H42OS2. The summed E-state index contributed by atoms with van der Waals surface area (Å²) in [6.07, 6.45) is 21.7. The van der Waals surface area contributed by atoms with Crippen LogP contribution in [0.15, 0.2) is 78.9 Å². The molecule has 3 heteroatoms. The Labute approximate surface area is 223 Å². The lowest BCUT2D eigenvalue weighted by Gasteiger charge is -2.31. The highest BCUT2D eigenvalue weighted by atomic mass is 32.2. The number of ether oxygens (including phenoxy) is 1. The molecule has 0 radical (unpaired) electrons. The standard InChI is InChI=1S/C32H42OS2/c1-3-5-7-8-9-11-15-27-18-20-30(21-19-27)31(34)33-32(35-26-14-6-4-2)24-22-29(23-25-32)28-16-12-10-13-17-28/h10,12-13,16-25,29H,3-9,11,14-15,26H2,1-2H3. The molecule has 0 N–H and O–H groups in total. The normalized spacial score (nSPS) is 19.1. The topological polar surface area (TPSA) is 9.23 Å². The second kappa shape index (κ2) is 15.3. The summed E-state index contributed by atoms with van der Waals surface area (Å²) in [7, 11) is 0. The van der Waals surface area contributed by atoms with Gasteiger partial charge in [-0.3, -0.25) is 0 Å². The number of unbranched alkanes of at least 4 members (excludes halogenated alkanes) is 7. The van der Waals surface area contributed by atoms with Crippen molar-refractivity contribution in [3.63, 3.8) is 0 Å². The van der Waals surface area contributed by atoms with Gasteiger partial charge in [-0.25, -0.2) is 0 Å². The Bertz CT molecular complexity index is 916. The van der Waals surface area contributed by atoms with Crippen LogP contribution in [0.3, 0.4) is 0 Å². The molecule has 3 rings (SSSR count). The van der Waals surface area contributed by atoms with Crippen molar-refractivity contribution in [1.82, 2.24) is 0 Å². The predicted octanol–water partition coefficient (Wildman–Crippen LogP) is 9.81. The van der Waals surface area contributed by atoms with E-state index in [2.05, 4.69) is 92.7 Å². The Morgan fingerprint density at radius 3 is 2.11 bits per heavy atom. The zero-order valence-electron chi connectivity index (χ0n) is 21.6. The lowest BCUT2D eigenvalue weighted by atomic mass is 9.94. The second-order valence-electron chi connectivity index (χ2n) is 9.54. The van der Waals surface area contributed by atoms with E-state index in [1.54, 1.807) is 0 Å². The Balaban J connectivity index is 1.60. The van der Waals surface area contributed by atoms with E-state index < -0.39 is 4.93 Å². The molecule has 1 nitrogen and oxygen atoms in total. The first-order valence-corrected chi connectivity index (χ1v) is 14.9. The van der Waals surface area contributed by atoms with Crippen molar-refractivity contribution in [2.45, 2.75) is 88.9 Å². The van der Waals surface area contributed by atoms with Crippen LogP contribution >= 0.6 is 24.0 Å². The van der Waals surface area contributed by atoms with Crippen LogP contribution in [-0.2, 0) is 11.2 Å². The summed E-state index contributed by atoms with van der Waals surface area (Å²) in [5, 5.41) is 0.576. The monoisotopic (exact) mass is 506 g/mol. The van der Waals surface area contributed by atoms with Crippen LogP contribution < -0.4 is 0 Å². The van der Waals surface area contributed by atoms with E-state index in [0.29, 0.717) is 5.05 Å². The highest BCUT2D eigenvalue weighted by molar-refractivity contribution is 8.00. The molecule has 35 heavy (non-hydrogen) atoms. The van der Waals surface area contributed by atoms with Crippen LogP contribution in [0.5, 0.6) is 0 Å². The van der Waals surface area contributed by atoms with Gasteiger partial charge in [0.05, 0.1) is 0 Å². The van der Waals surface area contributed by atoms with Gasteiger partial charge in [0.1, 0.15) is 0 Å². The summed E-state index contributed by atoms with van der Waals surface area (Å²) in [4.78, 5) is -0.534. The fourth-order valence-electron chi connectivity index (χ4n) is 4.39. The van der Waals surface area contributed by atoms with Gasteiger partial charge in [0.15, 0.2) is 9.98 Å². The fraction of sp³-hybridized carbons (Fsp3) is 0.469. The third-order valence-corrected chi connectivity index (χ3v) is 8.21. The number of aryl methyl sites for hydroxylation is 1. The molecule has 0 saturated heterocycles.